The molecule has 1 fully saturated rings. The molecule has 1 atom stereocenters. The van der Waals surface area contributed by atoms with Gasteiger partial charge in [0.15, 0.2) is 0 Å². The third kappa shape index (κ3) is 1.85. The summed E-state index contributed by atoms with van der Waals surface area (Å²) < 4.78 is 4.10. The Morgan fingerprint density at radius 1 is 1.73 bits per heavy atom. The number of nitrogens with zero attached hydrogens (tertiary/aromatic N) is 2. The molecule has 1 aliphatic heterocycles. The lowest BCUT2D eigenvalue weighted by Gasteiger charge is -2.12. The van der Waals surface area contributed by atoms with Crippen molar-refractivity contribution < 1.29 is 9.59 Å². The minimum atomic E-state index is -0.410. The third-order valence-corrected chi connectivity index (χ3v) is 3.31. The van der Waals surface area contributed by atoms with Gasteiger partial charge >= 0.3 is 0 Å². The number of hydrogen-bond donors (Lipinski definition) is 1. The van der Waals surface area contributed by atoms with E-state index < -0.39 is 5.91 Å². The first kappa shape index (κ1) is 10.1. The number of primary amides is 1. The zero-order chi connectivity index (χ0) is 11.0. The molecule has 2 heterocycles. The number of aromatic nitrogens is 1. The predicted octanol–water partition coefficient (Wildman–Crippen LogP) is 0.290. The molecule has 0 aliphatic carbocycles. The molecule has 1 aromatic rings. The Bertz CT molecular complexity index is 415. The Morgan fingerprint density at radius 3 is 2.93 bits per heavy atom. The fraction of sp³-hybridized carbons (Fsp3) is 0.444. The molecule has 0 saturated carbocycles. The second kappa shape index (κ2) is 3.62. The highest BCUT2D eigenvalue weighted by Gasteiger charge is 2.34. The number of aryl methyl sites for hydroxylation is 1. The van der Waals surface area contributed by atoms with E-state index in [1.54, 1.807) is 4.90 Å². The van der Waals surface area contributed by atoms with Crippen LogP contribution in [0.15, 0.2) is 6.07 Å². The molecule has 2 rings (SSSR count). The summed E-state index contributed by atoms with van der Waals surface area (Å²) in [5.74, 6) is -0.825. The van der Waals surface area contributed by atoms with Crippen LogP contribution in [0.3, 0.4) is 0 Å². The van der Waals surface area contributed by atoms with Crippen LogP contribution < -0.4 is 10.6 Å². The Morgan fingerprint density at radius 2 is 2.47 bits per heavy atom. The summed E-state index contributed by atoms with van der Waals surface area (Å²) in [5.41, 5.74) is 6.06. The Kier molecular flexibility index (Phi) is 2.44. The van der Waals surface area contributed by atoms with Crippen molar-refractivity contribution in [2.75, 3.05) is 11.4 Å². The average molecular weight is 225 g/mol. The molecular weight excluding hydrogens is 214 g/mol. The number of carbonyl (C=O) groups excluding carboxylic acids is 2. The zero-order valence-corrected chi connectivity index (χ0v) is 9.08. The van der Waals surface area contributed by atoms with Crippen molar-refractivity contribution >= 4 is 28.3 Å². The molecule has 0 radical (unpaired) electrons. The van der Waals surface area contributed by atoms with Crippen LogP contribution >= 0.6 is 11.5 Å². The van der Waals surface area contributed by atoms with Crippen LogP contribution in [-0.2, 0) is 9.59 Å². The number of amides is 2. The van der Waals surface area contributed by atoms with Gasteiger partial charge in [-0.25, -0.2) is 0 Å². The van der Waals surface area contributed by atoms with Crippen LogP contribution in [0, 0.1) is 12.8 Å². The molecule has 0 spiro atoms. The van der Waals surface area contributed by atoms with Gasteiger partial charge in [-0.1, -0.05) is 0 Å². The van der Waals surface area contributed by atoms with E-state index in [2.05, 4.69) is 4.37 Å². The van der Waals surface area contributed by atoms with Gasteiger partial charge in [0.05, 0.1) is 11.6 Å². The first-order valence-electron chi connectivity index (χ1n) is 4.61. The topological polar surface area (TPSA) is 76.3 Å². The number of anilines is 1. The number of rotatable bonds is 2. The van der Waals surface area contributed by atoms with Crippen molar-refractivity contribution in [2.24, 2.45) is 11.7 Å². The van der Waals surface area contributed by atoms with E-state index in [0.29, 0.717) is 6.54 Å². The smallest absolute Gasteiger partial charge is 0.228 e. The highest BCUT2D eigenvalue weighted by atomic mass is 32.1. The highest BCUT2D eigenvalue weighted by molar-refractivity contribution is 7.10. The van der Waals surface area contributed by atoms with Crippen molar-refractivity contribution in [1.29, 1.82) is 0 Å². The second-order valence-corrected chi connectivity index (χ2v) is 4.40. The fourth-order valence-corrected chi connectivity index (χ4v) is 2.38. The fourth-order valence-electron chi connectivity index (χ4n) is 1.59. The Balaban J connectivity index is 2.18. The molecule has 2 N–H and O–H groups in total. The van der Waals surface area contributed by atoms with E-state index in [4.69, 9.17) is 5.73 Å². The standard InChI is InChI=1S/C9H11N3O2S/c1-5-2-8(15-11-5)12-4-6(9(10)14)3-7(12)13/h2,6H,3-4H2,1H3,(H2,10,14). The summed E-state index contributed by atoms with van der Waals surface area (Å²) in [4.78, 5) is 24.1. The highest BCUT2D eigenvalue weighted by Crippen LogP contribution is 2.28. The maximum absolute atomic E-state index is 11.6. The molecule has 1 aromatic heterocycles. The van der Waals surface area contributed by atoms with Gasteiger partial charge in [-0.05, 0) is 24.5 Å². The molecule has 2 amide bonds. The van der Waals surface area contributed by atoms with Crippen molar-refractivity contribution in [3.8, 4) is 0 Å². The summed E-state index contributed by atoms with van der Waals surface area (Å²) in [7, 11) is 0. The van der Waals surface area contributed by atoms with E-state index in [1.165, 1.54) is 11.5 Å². The molecular formula is C9H11N3O2S. The van der Waals surface area contributed by atoms with E-state index >= 15 is 0 Å². The quantitative estimate of drug-likeness (QED) is 0.786. The van der Waals surface area contributed by atoms with Crippen LogP contribution in [0.2, 0.25) is 0 Å². The normalized spacial score (nSPS) is 21.0. The van der Waals surface area contributed by atoms with Crippen LogP contribution in [0.4, 0.5) is 5.00 Å². The number of nitrogens with two attached hydrogens (primary N) is 1. The van der Waals surface area contributed by atoms with Gasteiger partial charge in [0.1, 0.15) is 5.00 Å². The van der Waals surface area contributed by atoms with Gasteiger partial charge in [0.2, 0.25) is 11.8 Å². The van der Waals surface area contributed by atoms with Crippen molar-refractivity contribution in [1.82, 2.24) is 4.37 Å². The van der Waals surface area contributed by atoms with Crippen LogP contribution in [0.25, 0.3) is 0 Å². The van der Waals surface area contributed by atoms with Gasteiger partial charge in [-0.3, -0.25) is 9.59 Å². The second-order valence-electron chi connectivity index (χ2n) is 3.61. The predicted molar refractivity (Wildman–Crippen MR) is 56.5 cm³/mol. The summed E-state index contributed by atoms with van der Waals surface area (Å²) >= 11 is 1.27. The van der Waals surface area contributed by atoms with Gasteiger partial charge < -0.3 is 10.6 Å². The summed E-state index contributed by atoms with van der Waals surface area (Å²) in [6.45, 7) is 2.25. The van der Waals surface area contributed by atoms with Crippen molar-refractivity contribution in [2.45, 2.75) is 13.3 Å². The molecule has 15 heavy (non-hydrogen) atoms. The molecule has 6 heteroatoms. The molecule has 1 saturated heterocycles. The average Bonchev–Trinajstić information content (AvgIpc) is 2.71. The van der Waals surface area contributed by atoms with Crippen molar-refractivity contribution in [3.05, 3.63) is 11.8 Å². The van der Waals surface area contributed by atoms with Crippen LogP contribution in [0.1, 0.15) is 12.1 Å². The minimum Gasteiger partial charge on any atom is -0.369 e. The van der Waals surface area contributed by atoms with E-state index in [0.717, 1.165) is 10.7 Å². The SMILES string of the molecule is Cc1cc(N2CC(C(N)=O)CC2=O)sn1. The van der Waals surface area contributed by atoms with E-state index in [1.807, 2.05) is 13.0 Å². The number of hydrogen-bond acceptors (Lipinski definition) is 4. The Labute approximate surface area is 91.0 Å². The summed E-state index contributed by atoms with van der Waals surface area (Å²) in [6, 6.07) is 1.84. The lowest BCUT2D eigenvalue weighted by atomic mass is 10.1. The summed E-state index contributed by atoms with van der Waals surface area (Å²) in [6.07, 6.45) is 0.215. The molecule has 0 bridgehead atoms. The van der Waals surface area contributed by atoms with Gasteiger partial charge in [-0.15, -0.1) is 0 Å². The maximum atomic E-state index is 11.6. The zero-order valence-electron chi connectivity index (χ0n) is 8.27. The van der Waals surface area contributed by atoms with Crippen LogP contribution in [-0.4, -0.2) is 22.7 Å². The maximum Gasteiger partial charge on any atom is 0.228 e. The molecule has 1 aliphatic rings. The lowest BCUT2D eigenvalue weighted by Crippen LogP contribution is -2.27. The minimum absolute atomic E-state index is 0.0533. The molecule has 1 unspecified atom stereocenters. The van der Waals surface area contributed by atoms with Gasteiger partial charge in [0.25, 0.3) is 0 Å². The monoisotopic (exact) mass is 225 g/mol. The van der Waals surface area contributed by atoms with E-state index in [-0.39, 0.29) is 18.2 Å². The van der Waals surface area contributed by atoms with Crippen LogP contribution in [0.5, 0.6) is 0 Å². The Hall–Kier alpha value is -1.43. The molecule has 80 valence electrons. The lowest BCUT2D eigenvalue weighted by molar-refractivity contribution is -0.123. The molecule has 0 aromatic carbocycles. The first-order chi connectivity index (χ1) is 7.08. The van der Waals surface area contributed by atoms with Gasteiger partial charge in [-0.2, -0.15) is 4.37 Å². The van der Waals surface area contributed by atoms with Crippen molar-refractivity contribution in [3.63, 3.8) is 0 Å². The summed E-state index contributed by atoms with van der Waals surface area (Å²) in [5, 5.41) is 0.793. The molecule has 5 nitrogen and oxygen atoms in total. The first-order valence-corrected chi connectivity index (χ1v) is 5.38. The largest absolute Gasteiger partial charge is 0.369 e. The van der Waals surface area contributed by atoms with E-state index in [9.17, 15) is 9.59 Å². The van der Waals surface area contributed by atoms with Gasteiger partial charge in [0, 0.05) is 13.0 Å². The number of carbonyl (C=O) groups is 2. The third-order valence-electron chi connectivity index (χ3n) is 2.41.